The van der Waals surface area contributed by atoms with Crippen LogP contribution in [0.4, 0.5) is 0 Å². The molecule has 0 unspecified atom stereocenters. The lowest BCUT2D eigenvalue weighted by molar-refractivity contribution is -0.0891. The third kappa shape index (κ3) is 6.02. The van der Waals surface area contributed by atoms with Gasteiger partial charge in [0, 0.05) is 17.1 Å². The van der Waals surface area contributed by atoms with Gasteiger partial charge >= 0.3 is 0 Å². The third-order valence-corrected chi connectivity index (χ3v) is 6.71. The number of amides is 1. The van der Waals surface area contributed by atoms with Crippen LogP contribution < -0.4 is 10.0 Å². The number of aliphatic hydroxyl groups is 1. The predicted molar refractivity (Wildman–Crippen MR) is 114 cm³/mol. The van der Waals surface area contributed by atoms with Crippen LogP contribution in [0, 0.1) is 0 Å². The molecule has 0 aromatic heterocycles. The summed E-state index contributed by atoms with van der Waals surface area (Å²) in [6.45, 7) is -0.0385. The van der Waals surface area contributed by atoms with Crippen LogP contribution >= 0.6 is 11.6 Å². The molecule has 2 aromatic rings. The van der Waals surface area contributed by atoms with Crippen molar-refractivity contribution in [3.05, 3.63) is 65.2 Å². The van der Waals surface area contributed by atoms with Crippen molar-refractivity contribution < 1.29 is 23.1 Å². The fourth-order valence-corrected chi connectivity index (χ4v) is 4.77. The summed E-state index contributed by atoms with van der Waals surface area (Å²) in [6, 6.07) is 14.6. The Kier molecular flexibility index (Phi) is 7.85. The van der Waals surface area contributed by atoms with Crippen molar-refractivity contribution in [2.24, 2.45) is 0 Å². The van der Waals surface area contributed by atoms with Crippen LogP contribution in [0.3, 0.4) is 0 Å². The van der Waals surface area contributed by atoms with Crippen LogP contribution in [0.1, 0.15) is 29.6 Å². The molecule has 0 radical (unpaired) electrons. The Labute approximate surface area is 181 Å². The first kappa shape index (κ1) is 22.7. The molecule has 1 heterocycles. The lowest BCUT2D eigenvalue weighted by Crippen LogP contribution is -2.51. The summed E-state index contributed by atoms with van der Waals surface area (Å²) >= 11 is 5.86. The minimum atomic E-state index is -3.66. The van der Waals surface area contributed by atoms with Gasteiger partial charge in [0.05, 0.1) is 23.6 Å². The lowest BCUT2D eigenvalue weighted by atomic mass is 9.97. The third-order valence-electron chi connectivity index (χ3n) is 5.01. The lowest BCUT2D eigenvalue weighted by Gasteiger charge is -2.36. The van der Waals surface area contributed by atoms with Crippen molar-refractivity contribution in [1.82, 2.24) is 10.0 Å². The van der Waals surface area contributed by atoms with E-state index in [2.05, 4.69) is 10.0 Å². The second kappa shape index (κ2) is 10.4. The highest BCUT2D eigenvalue weighted by Crippen LogP contribution is 2.22. The quantitative estimate of drug-likeness (QED) is 0.570. The average Bonchev–Trinajstić information content (AvgIpc) is 2.75. The highest BCUT2D eigenvalue weighted by atomic mass is 35.5. The van der Waals surface area contributed by atoms with Gasteiger partial charge in [0.25, 0.3) is 5.91 Å². The molecule has 0 bridgehead atoms. The molecular formula is C21H25ClN2O5S. The first-order valence-corrected chi connectivity index (χ1v) is 11.6. The topological polar surface area (TPSA) is 105 Å². The summed E-state index contributed by atoms with van der Waals surface area (Å²) in [5.41, 5.74) is 0.548. The van der Waals surface area contributed by atoms with Crippen LogP contribution in [0.25, 0.3) is 0 Å². The number of halogens is 1. The minimum Gasteiger partial charge on any atom is -0.394 e. The van der Waals surface area contributed by atoms with E-state index in [1.807, 2.05) is 6.07 Å². The number of rotatable bonds is 8. The molecule has 1 saturated heterocycles. The van der Waals surface area contributed by atoms with E-state index in [0.717, 1.165) is 0 Å². The smallest absolute Gasteiger partial charge is 0.251 e. The summed E-state index contributed by atoms with van der Waals surface area (Å²) in [6.07, 6.45) is 0.982. The van der Waals surface area contributed by atoms with Crippen molar-refractivity contribution in [1.29, 1.82) is 0 Å². The molecule has 0 aliphatic carbocycles. The Bertz CT molecular complexity index is 955. The zero-order valence-corrected chi connectivity index (χ0v) is 17.9. The molecule has 0 saturated carbocycles. The predicted octanol–water partition coefficient (Wildman–Crippen LogP) is 2.35. The van der Waals surface area contributed by atoms with Gasteiger partial charge < -0.3 is 15.2 Å². The molecule has 1 aliphatic rings. The first-order valence-electron chi connectivity index (χ1n) is 9.76. The Morgan fingerprint density at radius 1 is 1.13 bits per heavy atom. The first-order chi connectivity index (χ1) is 14.4. The normalized spacial score (nSPS) is 21.9. The molecule has 3 N–H and O–H groups in total. The maximum absolute atomic E-state index is 12.4. The zero-order valence-electron chi connectivity index (χ0n) is 16.3. The van der Waals surface area contributed by atoms with Crippen LogP contribution in [0.2, 0.25) is 5.02 Å². The van der Waals surface area contributed by atoms with E-state index in [0.29, 0.717) is 29.8 Å². The summed E-state index contributed by atoms with van der Waals surface area (Å²) < 4.78 is 33.2. The Hall–Kier alpha value is -1.97. The summed E-state index contributed by atoms with van der Waals surface area (Å²) in [7, 11) is -3.66. The average molecular weight is 453 g/mol. The SMILES string of the molecule is O=C(N[C@@H]1CC[C@@H](CCNS(=O)(=O)c2cccc(Cl)c2)O[C@H]1CO)c1ccccc1. The highest BCUT2D eigenvalue weighted by molar-refractivity contribution is 7.89. The van der Waals surface area contributed by atoms with Crippen molar-refractivity contribution in [2.75, 3.05) is 13.2 Å². The van der Waals surface area contributed by atoms with E-state index in [-0.39, 0.29) is 36.1 Å². The van der Waals surface area contributed by atoms with Gasteiger partial charge in [-0.1, -0.05) is 35.9 Å². The van der Waals surface area contributed by atoms with E-state index < -0.39 is 16.1 Å². The van der Waals surface area contributed by atoms with Crippen LogP contribution in [0.5, 0.6) is 0 Å². The van der Waals surface area contributed by atoms with Gasteiger partial charge in [0.2, 0.25) is 10.0 Å². The Morgan fingerprint density at radius 3 is 2.60 bits per heavy atom. The van der Waals surface area contributed by atoms with Crippen molar-refractivity contribution in [3.8, 4) is 0 Å². The summed E-state index contributed by atoms with van der Waals surface area (Å²) in [5, 5.41) is 13.0. The maximum atomic E-state index is 12.4. The standard InChI is InChI=1S/C21H25ClN2O5S/c22-16-7-4-8-18(13-16)30(27,28)23-12-11-17-9-10-19(20(14-25)29-17)24-21(26)15-5-2-1-3-6-15/h1-8,13,17,19-20,23,25H,9-12,14H2,(H,24,26)/t17-,19+,20-/m0/s1. The van der Waals surface area contributed by atoms with Gasteiger partial charge in [-0.05, 0) is 49.6 Å². The van der Waals surface area contributed by atoms with Crippen LogP contribution in [-0.4, -0.2) is 50.8 Å². The molecule has 9 heteroatoms. The molecule has 2 aromatic carbocycles. The molecule has 0 spiro atoms. The summed E-state index contributed by atoms with van der Waals surface area (Å²) in [5.74, 6) is -0.213. The molecule has 1 aliphatic heterocycles. The van der Waals surface area contributed by atoms with Gasteiger partial charge in [-0.3, -0.25) is 4.79 Å². The molecular weight excluding hydrogens is 428 g/mol. The van der Waals surface area contributed by atoms with Crippen LogP contribution in [-0.2, 0) is 14.8 Å². The molecule has 1 amide bonds. The number of carbonyl (C=O) groups is 1. The number of nitrogens with one attached hydrogen (secondary N) is 2. The largest absolute Gasteiger partial charge is 0.394 e. The number of carbonyl (C=O) groups excluding carboxylic acids is 1. The van der Waals surface area contributed by atoms with Gasteiger partial charge in [-0.25, -0.2) is 13.1 Å². The maximum Gasteiger partial charge on any atom is 0.251 e. The Balaban J connectivity index is 1.50. The number of aliphatic hydroxyl groups excluding tert-OH is 1. The van der Waals surface area contributed by atoms with Crippen molar-refractivity contribution >= 4 is 27.5 Å². The molecule has 30 heavy (non-hydrogen) atoms. The van der Waals surface area contributed by atoms with Gasteiger partial charge in [-0.15, -0.1) is 0 Å². The van der Waals surface area contributed by atoms with Gasteiger partial charge in [0.15, 0.2) is 0 Å². The number of hydrogen-bond donors (Lipinski definition) is 3. The highest BCUT2D eigenvalue weighted by Gasteiger charge is 2.32. The van der Waals surface area contributed by atoms with Crippen molar-refractivity contribution in [3.63, 3.8) is 0 Å². The fourth-order valence-electron chi connectivity index (χ4n) is 3.42. The van der Waals surface area contributed by atoms with E-state index >= 15 is 0 Å². The monoisotopic (exact) mass is 452 g/mol. The van der Waals surface area contributed by atoms with Gasteiger partial charge in [0.1, 0.15) is 6.10 Å². The zero-order chi connectivity index (χ0) is 21.6. The number of sulfonamides is 1. The van der Waals surface area contributed by atoms with E-state index in [9.17, 15) is 18.3 Å². The number of ether oxygens (including phenoxy) is 1. The van der Waals surface area contributed by atoms with E-state index in [1.165, 1.54) is 12.1 Å². The van der Waals surface area contributed by atoms with E-state index in [1.54, 1.807) is 36.4 Å². The minimum absolute atomic E-state index is 0.108. The molecule has 3 rings (SSSR count). The second-order valence-electron chi connectivity index (χ2n) is 7.15. The second-order valence-corrected chi connectivity index (χ2v) is 9.35. The molecule has 1 fully saturated rings. The van der Waals surface area contributed by atoms with E-state index in [4.69, 9.17) is 16.3 Å². The number of benzene rings is 2. The molecule has 3 atom stereocenters. The fraction of sp³-hybridized carbons (Fsp3) is 0.381. The Morgan fingerprint density at radius 2 is 1.90 bits per heavy atom. The van der Waals surface area contributed by atoms with Crippen molar-refractivity contribution in [2.45, 2.75) is 42.4 Å². The number of hydrogen-bond acceptors (Lipinski definition) is 5. The molecule has 7 nitrogen and oxygen atoms in total. The van der Waals surface area contributed by atoms with Crippen LogP contribution in [0.15, 0.2) is 59.5 Å². The summed E-state index contributed by atoms with van der Waals surface area (Å²) in [4.78, 5) is 12.5. The van der Waals surface area contributed by atoms with Gasteiger partial charge in [-0.2, -0.15) is 0 Å². The molecule has 162 valence electrons.